The van der Waals surface area contributed by atoms with Crippen LogP contribution in [0.1, 0.15) is 37.2 Å². The summed E-state index contributed by atoms with van der Waals surface area (Å²) in [6.07, 6.45) is -1.45. The zero-order valence-corrected chi connectivity index (χ0v) is 16.7. The lowest BCUT2D eigenvalue weighted by atomic mass is 10.0. The van der Waals surface area contributed by atoms with Crippen LogP contribution < -0.4 is 5.32 Å². The number of alkyl halides is 2. The number of benzene rings is 1. The van der Waals surface area contributed by atoms with Crippen LogP contribution in [0.2, 0.25) is 5.02 Å². The number of H-pyrrole nitrogens is 2. The molecule has 0 saturated carbocycles. The fourth-order valence-corrected chi connectivity index (χ4v) is 3.74. The molecule has 1 aliphatic rings. The van der Waals surface area contributed by atoms with E-state index in [2.05, 4.69) is 35.7 Å². The summed E-state index contributed by atoms with van der Waals surface area (Å²) in [6, 6.07) is 5.43. The number of anilines is 2. The third-order valence-corrected chi connectivity index (χ3v) is 5.38. The van der Waals surface area contributed by atoms with Crippen molar-refractivity contribution in [3.8, 4) is 11.4 Å². The Morgan fingerprint density at radius 3 is 2.83 bits per heavy atom. The number of fused-ring (bicyclic) bond motifs is 2. The molecule has 0 fully saturated rings. The van der Waals surface area contributed by atoms with Gasteiger partial charge in [-0.05, 0) is 26.0 Å². The summed E-state index contributed by atoms with van der Waals surface area (Å²) in [5.74, 6) is 1.05. The van der Waals surface area contributed by atoms with Crippen molar-refractivity contribution in [3.05, 3.63) is 46.4 Å². The predicted molar refractivity (Wildman–Crippen MR) is 107 cm³/mol. The van der Waals surface area contributed by atoms with Gasteiger partial charge in [0.1, 0.15) is 17.1 Å². The highest BCUT2D eigenvalue weighted by molar-refractivity contribution is 6.35. The zero-order valence-electron chi connectivity index (χ0n) is 15.9. The van der Waals surface area contributed by atoms with Crippen LogP contribution in [0.4, 0.5) is 20.4 Å². The first-order valence-electron chi connectivity index (χ1n) is 9.12. The summed E-state index contributed by atoms with van der Waals surface area (Å²) in [7, 11) is 0. The average Bonchev–Trinajstić information content (AvgIpc) is 3.41. The Kier molecular flexibility index (Phi) is 4.23. The van der Waals surface area contributed by atoms with Crippen molar-refractivity contribution >= 4 is 34.1 Å². The van der Waals surface area contributed by atoms with E-state index in [9.17, 15) is 8.78 Å². The monoisotopic (exact) mass is 431 g/mol. The van der Waals surface area contributed by atoms with Gasteiger partial charge in [-0.25, -0.2) is 18.7 Å². The van der Waals surface area contributed by atoms with Gasteiger partial charge in [-0.2, -0.15) is 10.2 Å². The largest absolute Gasteiger partial charge is 0.364 e. The van der Waals surface area contributed by atoms with Crippen molar-refractivity contribution < 1.29 is 13.5 Å². The maximum Gasteiger partial charge on any atom is 0.280 e. The second-order valence-electron chi connectivity index (χ2n) is 7.38. The molecule has 0 spiro atoms. The Labute approximate surface area is 174 Å². The Bertz CT molecular complexity index is 1270. The van der Waals surface area contributed by atoms with Gasteiger partial charge in [0.2, 0.25) is 0 Å². The van der Waals surface area contributed by atoms with Gasteiger partial charge in [0.15, 0.2) is 11.6 Å². The van der Waals surface area contributed by atoms with Gasteiger partial charge in [-0.3, -0.25) is 10.2 Å². The van der Waals surface area contributed by atoms with E-state index in [-0.39, 0.29) is 23.7 Å². The number of aromatic amines is 2. The number of nitrogens with one attached hydrogen (secondary N) is 3. The van der Waals surface area contributed by atoms with E-state index in [1.165, 1.54) is 6.20 Å². The molecule has 0 bridgehead atoms. The first-order chi connectivity index (χ1) is 14.3. The minimum Gasteiger partial charge on any atom is -0.364 e. The molecule has 4 heterocycles. The molecule has 154 valence electrons. The van der Waals surface area contributed by atoms with Crippen LogP contribution in [0.25, 0.3) is 22.3 Å². The normalized spacial score (nSPS) is 15.1. The summed E-state index contributed by atoms with van der Waals surface area (Å²) < 4.78 is 32.7. The highest BCUT2D eigenvalue weighted by atomic mass is 35.5. The van der Waals surface area contributed by atoms with Gasteiger partial charge >= 0.3 is 0 Å². The molecule has 8 nitrogen and oxygen atoms in total. The van der Waals surface area contributed by atoms with Gasteiger partial charge in [0.25, 0.3) is 6.43 Å². The molecule has 11 heteroatoms. The van der Waals surface area contributed by atoms with Gasteiger partial charge < -0.3 is 10.1 Å². The number of rotatable bonds is 4. The Balaban J connectivity index is 1.67. The molecule has 30 heavy (non-hydrogen) atoms. The maximum absolute atomic E-state index is 13.4. The highest BCUT2D eigenvalue weighted by Crippen LogP contribution is 2.40. The van der Waals surface area contributed by atoms with Crippen molar-refractivity contribution in [2.75, 3.05) is 5.32 Å². The Morgan fingerprint density at radius 2 is 2.03 bits per heavy atom. The number of aromatic nitrogens is 6. The number of nitrogens with zero attached hydrogens (tertiary/aromatic N) is 4. The minimum absolute atomic E-state index is 0.122. The Morgan fingerprint density at radius 1 is 1.20 bits per heavy atom. The summed E-state index contributed by atoms with van der Waals surface area (Å²) in [4.78, 5) is 9.06. The molecule has 1 aromatic carbocycles. The molecular weight excluding hydrogens is 416 g/mol. The minimum atomic E-state index is -2.74. The van der Waals surface area contributed by atoms with E-state index in [1.54, 1.807) is 6.07 Å². The van der Waals surface area contributed by atoms with Crippen LogP contribution in [-0.2, 0) is 16.9 Å². The van der Waals surface area contributed by atoms with E-state index in [1.807, 2.05) is 26.0 Å². The quantitative estimate of drug-likeness (QED) is 0.427. The Hall–Kier alpha value is -3.11. The van der Waals surface area contributed by atoms with Crippen LogP contribution in [0.3, 0.4) is 0 Å². The first kappa shape index (κ1) is 18.9. The molecule has 5 rings (SSSR count). The van der Waals surface area contributed by atoms with E-state index in [0.717, 1.165) is 10.9 Å². The molecule has 0 atom stereocenters. The van der Waals surface area contributed by atoms with Crippen LogP contribution in [0.15, 0.2) is 24.4 Å². The molecular formula is C19H16ClF2N7O. The van der Waals surface area contributed by atoms with Crippen molar-refractivity contribution in [2.45, 2.75) is 32.5 Å². The lowest BCUT2D eigenvalue weighted by Crippen LogP contribution is -2.17. The lowest BCUT2D eigenvalue weighted by molar-refractivity contribution is -0.00995. The number of hydrogen-bond donors (Lipinski definition) is 3. The van der Waals surface area contributed by atoms with Crippen LogP contribution in [-0.4, -0.2) is 30.4 Å². The molecule has 1 aliphatic heterocycles. The first-order valence-corrected chi connectivity index (χ1v) is 9.49. The SMILES string of the molecule is CC1(C)OCc2c(Nc3n[nH]c4c(Cl)cccc34)nc(-c3cn[nH]c3C(F)F)nc21. The number of ether oxygens (including phenoxy) is 1. The van der Waals surface area contributed by atoms with E-state index < -0.39 is 12.0 Å². The topological polar surface area (TPSA) is 104 Å². The summed E-state index contributed by atoms with van der Waals surface area (Å²) in [6.45, 7) is 4.01. The second-order valence-corrected chi connectivity index (χ2v) is 7.79. The third-order valence-electron chi connectivity index (χ3n) is 5.07. The smallest absolute Gasteiger partial charge is 0.280 e. The van der Waals surface area contributed by atoms with Crippen LogP contribution >= 0.6 is 11.6 Å². The number of hydrogen-bond acceptors (Lipinski definition) is 6. The fraction of sp³-hybridized carbons (Fsp3) is 0.263. The van der Waals surface area contributed by atoms with Crippen LogP contribution in [0.5, 0.6) is 0 Å². The lowest BCUT2D eigenvalue weighted by Gasteiger charge is -2.18. The van der Waals surface area contributed by atoms with E-state index >= 15 is 0 Å². The maximum atomic E-state index is 13.4. The third kappa shape index (κ3) is 2.91. The van der Waals surface area contributed by atoms with Crippen molar-refractivity contribution in [1.82, 2.24) is 30.4 Å². The number of halogens is 3. The van der Waals surface area contributed by atoms with Crippen molar-refractivity contribution in [1.29, 1.82) is 0 Å². The van der Waals surface area contributed by atoms with Crippen molar-refractivity contribution in [2.24, 2.45) is 0 Å². The number of para-hydroxylation sites is 1. The molecule has 3 aromatic heterocycles. The summed E-state index contributed by atoms with van der Waals surface area (Å²) in [5.41, 5.74) is 1.13. The fourth-order valence-electron chi connectivity index (χ4n) is 3.52. The molecule has 0 amide bonds. The molecule has 0 aliphatic carbocycles. The average molecular weight is 432 g/mol. The van der Waals surface area contributed by atoms with Gasteiger partial charge in [0.05, 0.1) is 34.6 Å². The standard InChI is InChI=1S/C19H16ClF2N7O/c1-19(2)14-10(7-30-19)17(25-16(24-14)9-6-23-27-13(9)15(21)22)26-18-8-4-3-5-11(20)12(8)28-29-18/h3-6,15H,7H2,1-2H3,(H,23,27)(H2,24,25,26,28,29). The summed E-state index contributed by atoms with van der Waals surface area (Å²) in [5, 5.41) is 17.7. The van der Waals surface area contributed by atoms with E-state index in [0.29, 0.717) is 27.9 Å². The molecule has 0 radical (unpaired) electrons. The zero-order chi connectivity index (χ0) is 21.0. The molecule has 0 saturated heterocycles. The highest BCUT2D eigenvalue weighted by Gasteiger charge is 2.36. The molecule has 3 N–H and O–H groups in total. The van der Waals surface area contributed by atoms with Gasteiger partial charge in [0, 0.05) is 10.9 Å². The van der Waals surface area contributed by atoms with Gasteiger partial charge in [-0.1, -0.05) is 17.7 Å². The van der Waals surface area contributed by atoms with Crippen LogP contribution in [0, 0.1) is 0 Å². The molecule has 0 unspecified atom stereocenters. The van der Waals surface area contributed by atoms with E-state index in [4.69, 9.17) is 16.3 Å². The molecule has 4 aromatic rings. The summed E-state index contributed by atoms with van der Waals surface area (Å²) >= 11 is 6.22. The predicted octanol–water partition coefficient (Wildman–Crippen LogP) is 4.84. The second kappa shape index (κ2) is 6.71. The van der Waals surface area contributed by atoms with Gasteiger partial charge in [-0.15, -0.1) is 0 Å². The van der Waals surface area contributed by atoms with Crippen molar-refractivity contribution in [3.63, 3.8) is 0 Å².